The highest BCUT2D eigenvalue weighted by molar-refractivity contribution is 7.17. The van der Waals surface area contributed by atoms with E-state index in [-0.39, 0.29) is 24.9 Å². The van der Waals surface area contributed by atoms with Gasteiger partial charge in [-0.15, -0.1) is 22.7 Å². The highest BCUT2D eigenvalue weighted by Crippen LogP contribution is 2.43. The van der Waals surface area contributed by atoms with Gasteiger partial charge in [-0.05, 0) is 49.3 Å². The Bertz CT molecular complexity index is 1180. The van der Waals surface area contributed by atoms with Crippen molar-refractivity contribution in [2.75, 3.05) is 18.0 Å². The summed E-state index contributed by atoms with van der Waals surface area (Å²) in [6.45, 7) is 2.62. The van der Waals surface area contributed by atoms with E-state index in [1.807, 2.05) is 23.6 Å². The first kappa shape index (κ1) is 20.2. The van der Waals surface area contributed by atoms with E-state index in [9.17, 15) is 9.59 Å². The van der Waals surface area contributed by atoms with Crippen molar-refractivity contribution in [3.8, 4) is 0 Å². The Labute approximate surface area is 189 Å². The Morgan fingerprint density at radius 1 is 1.23 bits per heavy atom. The second-order valence-electron chi connectivity index (χ2n) is 7.91. The number of fused-ring (bicyclic) bond motifs is 3. The Hall–Kier alpha value is -2.77. The van der Waals surface area contributed by atoms with Gasteiger partial charge in [-0.1, -0.05) is 29.8 Å². The zero-order chi connectivity index (χ0) is 21.4. The molecule has 0 radical (unpaired) electrons. The maximum atomic E-state index is 13.1. The van der Waals surface area contributed by atoms with Crippen molar-refractivity contribution in [2.45, 2.75) is 32.7 Å². The number of hydrogen-bond acceptors (Lipinski definition) is 5. The van der Waals surface area contributed by atoms with Gasteiger partial charge in [0.1, 0.15) is 18.1 Å². The van der Waals surface area contributed by atoms with E-state index in [2.05, 4.69) is 30.4 Å². The predicted octanol–water partition coefficient (Wildman–Crippen LogP) is 4.11. The maximum Gasteiger partial charge on any atom is 0.249 e. The monoisotopic (exact) mass is 449 g/mol. The van der Waals surface area contributed by atoms with Gasteiger partial charge in [0.25, 0.3) is 0 Å². The lowest BCUT2D eigenvalue weighted by Crippen LogP contribution is -2.41. The number of anilines is 1. The molecule has 2 amide bonds. The summed E-state index contributed by atoms with van der Waals surface area (Å²) < 4.78 is 0. The minimum absolute atomic E-state index is 0.0211. The van der Waals surface area contributed by atoms with E-state index in [4.69, 9.17) is 4.99 Å². The van der Waals surface area contributed by atoms with E-state index in [0.717, 1.165) is 51.5 Å². The summed E-state index contributed by atoms with van der Waals surface area (Å²) >= 11 is 3.26. The lowest BCUT2D eigenvalue weighted by atomic mass is 9.98. The van der Waals surface area contributed by atoms with Crippen LogP contribution in [0.15, 0.2) is 46.8 Å². The van der Waals surface area contributed by atoms with E-state index in [1.54, 1.807) is 27.6 Å². The SMILES string of the molecule is Cc1cccc(C2=NCC(=O)N(CC(=O)NCc3cccs3)c3sc4c(c32)CCC4)c1. The Morgan fingerprint density at radius 3 is 2.94 bits per heavy atom. The quantitative estimate of drug-likeness (QED) is 0.637. The van der Waals surface area contributed by atoms with Crippen molar-refractivity contribution >= 4 is 45.2 Å². The summed E-state index contributed by atoms with van der Waals surface area (Å²) in [7, 11) is 0. The summed E-state index contributed by atoms with van der Waals surface area (Å²) in [5.74, 6) is -0.282. The molecule has 0 spiro atoms. The predicted molar refractivity (Wildman–Crippen MR) is 127 cm³/mol. The Morgan fingerprint density at radius 2 is 2.13 bits per heavy atom. The average Bonchev–Trinajstić information content (AvgIpc) is 3.48. The number of amides is 2. The second-order valence-corrected chi connectivity index (χ2v) is 10.0. The molecule has 7 heteroatoms. The molecule has 1 aliphatic carbocycles. The topological polar surface area (TPSA) is 61.8 Å². The van der Waals surface area contributed by atoms with Crippen molar-refractivity contribution in [2.24, 2.45) is 4.99 Å². The van der Waals surface area contributed by atoms with E-state index >= 15 is 0 Å². The molecule has 3 aromatic rings. The van der Waals surface area contributed by atoms with E-state index < -0.39 is 0 Å². The van der Waals surface area contributed by atoms with Crippen LogP contribution in [0.1, 0.15) is 38.4 Å². The van der Waals surface area contributed by atoms with Crippen LogP contribution in [0.4, 0.5) is 5.00 Å². The molecule has 1 N–H and O–H groups in total. The number of thiophene rings is 2. The van der Waals surface area contributed by atoms with Crippen LogP contribution in [-0.2, 0) is 29.0 Å². The van der Waals surface area contributed by atoms with Crippen LogP contribution in [0.5, 0.6) is 0 Å². The Kier molecular flexibility index (Phi) is 5.46. The first-order chi connectivity index (χ1) is 15.1. The van der Waals surface area contributed by atoms with Gasteiger partial charge in [0.15, 0.2) is 0 Å². The molecule has 5 nitrogen and oxygen atoms in total. The molecule has 0 unspecified atom stereocenters. The molecule has 2 aromatic heterocycles. The molecule has 158 valence electrons. The molecular formula is C24H23N3O2S2. The minimum Gasteiger partial charge on any atom is -0.350 e. The van der Waals surface area contributed by atoms with Gasteiger partial charge in [0, 0.05) is 20.9 Å². The molecule has 1 aromatic carbocycles. The normalized spacial score (nSPS) is 15.3. The van der Waals surface area contributed by atoms with Crippen molar-refractivity contribution in [3.63, 3.8) is 0 Å². The van der Waals surface area contributed by atoms with Crippen molar-refractivity contribution in [1.29, 1.82) is 0 Å². The number of carbonyl (C=O) groups excluding carboxylic acids is 2. The van der Waals surface area contributed by atoms with Crippen LogP contribution < -0.4 is 10.2 Å². The molecule has 5 rings (SSSR count). The molecule has 0 atom stereocenters. The summed E-state index contributed by atoms with van der Waals surface area (Å²) in [4.78, 5) is 34.6. The van der Waals surface area contributed by atoms with Gasteiger partial charge >= 0.3 is 0 Å². The van der Waals surface area contributed by atoms with Crippen LogP contribution >= 0.6 is 22.7 Å². The maximum absolute atomic E-state index is 13.1. The number of carbonyl (C=O) groups is 2. The molecule has 2 aliphatic rings. The summed E-state index contributed by atoms with van der Waals surface area (Å²) in [6, 6.07) is 12.2. The molecule has 3 heterocycles. The average molecular weight is 450 g/mol. The Balaban J connectivity index is 1.48. The van der Waals surface area contributed by atoms with Crippen LogP contribution in [-0.4, -0.2) is 30.6 Å². The number of nitrogens with one attached hydrogen (secondary N) is 1. The molecular weight excluding hydrogens is 426 g/mol. The zero-order valence-electron chi connectivity index (χ0n) is 17.3. The lowest BCUT2D eigenvalue weighted by Gasteiger charge is -2.20. The smallest absolute Gasteiger partial charge is 0.249 e. The first-order valence-electron chi connectivity index (χ1n) is 10.5. The van der Waals surface area contributed by atoms with Gasteiger partial charge in [-0.3, -0.25) is 19.5 Å². The van der Waals surface area contributed by atoms with Crippen LogP contribution in [0.2, 0.25) is 0 Å². The molecule has 1 aliphatic heterocycles. The lowest BCUT2D eigenvalue weighted by molar-refractivity contribution is -0.123. The second kappa shape index (κ2) is 8.40. The number of hydrogen-bond donors (Lipinski definition) is 1. The van der Waals surface area contributed by atoms with Gasteiger partial charge in [-0.25, -0.2) is 0 Å². The van der Waals surface area contributed by atoms with Gasteiger partial charge in [-0.2, -0.15) is 0 Å². The number of benzene rings is 1. The molecule has 0 saturated heterocycles. The molecule has 31 heavy (non-hydrogen) atoms. The van der Waals surface area contributed by atoms with Gasteiger partial charge in [0.05, 0.1) is 12.3 Å². The van der Waals surface area contributed by atoms with Gasteiger partial charge in [0.2, 0.25) is 11.8 Å². The number of rotatable bonds is 5. The number of aryl methyl sites for hydroxylation is 2. The van der Waals surface area contributed by atoms with Crippen molar-refractivity contribution < 1.29 is 9.59 Å². The molecule has 0 saturated carbocycles. The van der Waals surface area contributed by atoms with E-state index in [0.29, 0.717) is 6.54 Å². The third-order valence-electron chi connectivity index (χ3n) is 5.69. The molecule has 0 fully saturated rings. The largest absolute Gasteiger partial charge is 0.350 e. The number of aliphatic imine (C=N–C) groups is 1. The highest BCUT2D eigenvalue weighted by atomic mass is 32.1. The fourth-order valence-corrected chi connectivity index (χ4v) is 6.29. The standard InChI is InChI=1S/C24H23N3O2S2/c1-15-5-2-6-16(11-15)23-22-18-8-3-9-19(18)31-24(22)27(21(29)13-26-23)14-20(28)25-12-17-7-4-10-30-17/h2,4-7,10-11H,3,8-9,12-14H2,1H3,(H,25,28). The first-order valence-corrected chi connectivity index (χ1v) is 12.2. The fraction of sp³-hybridized carbons (Fsp3) is 0.292. The third kappa shape index (κ3) is 3.95. The van der Waals surface area contributed by atoms with Crippen LogP contribution in [0.3, 0.4) is 0 Å². The summed E-state index contributed by atoms with van der Waals surface area (Å²) in [5, 5.41) is 5.81. The fourth-order valence-electron chi connectivity index (χ4n) is 4.23. The summed E-state index contributed by atoms with van der Waals surface area (Å²) in [5.41, 5.74) is 5.44. The highest BCUT2D eigenvalue weighted by Gasteiger charge is 2.33. The molecule has 0 bridgehead atoms. The van der Waals surface area contributed by atoms with Crippen molar-refractivity contribution in [3.05, 3.63) is 73.8 Å². The van der Waals surface area contributed by atoms with Crippen LogP contribution in [0, 0.1) is 6.92 Å². The number of nitrogens with zero attached hydrogens (tertiary/aromatic N) is 2. The zero-order valence-corrected chi connectivity index (χ0v) is 18.9. The minimum atomic E-state index is -0.153. The third-order valence-corrected chi connectivity index (χ3v) is 7.88. The van der Waals surface area contributed by atoms with Crippen LogP contribution in [0.25, 0.3) is 0 Å². The van der Waals surface area contributed by atoms with E-state index in [1.165, 1.54) is 10.4 Å². The summed E-state index contributed by atoms with van der Waals surface area (Å²) in [6.07, 6.45) is 3.16. The van der Waals surface area contributed by atoms with Crippen molar-refractivity contribution in [1.82, 2.24) is 5.32 Å². The van der Waals surface area contributed by atoms with Gasteiger partial charge < -0.3 is 5.32 Å².